The summed E-state index contributed by atoms with van der Waals surface area (Å²) in [7, 11) is 0. The highest BCUT2D eigenvalue weighted by atomic mass is 19.4. The molecule has 1 rings (SSSR count). The van der Waals surface area contributed by atoms with Crippen molar-refractivity contribution in [3.05, 3.63) is 0 Å². The van der Waals surface area contributed by atoms with Crippen LogP contribution in [0.25, 0.3) is 0 Å². The van der Waals surface area contributed by atoms with Gasteiger partial charge in [-0.15, -0.1) is 0 Å². The van der Waals surface area contributed by atoms with Crippen LogP contribution in [0.2, 0.25) is 0 Å². The lowest BCUT2D eigenvalue weighted by molar-refractivity contribution is -0.414. The lowest BCUT2D eigenvalue weighted by Gasteiger charge is -2.38. The Balaban J connectivity index is 2.94. The van der Waals surface area contributed by atoms with Gasteiger partial charge >= 0.3 is 42.0 Å². The first-order chi connectivity index (χ1) is 12.9. The molecule has 1 saturated carbocycles. The molecule has 0 aromatic carbocycles. The van der Waals surface area contributed by atoms with Gasteiger partial charge in [0.1, 0.15) is 0 Å². The van der Waals surface area contributed by atoms with Crippen LogP contribution in [0.5, 0.6) is 0 Å². The fourth-order valence-corrected chi connectivity index (χ4v) is 2.72. The molecule has 1 fully saturated rings. The third kappa shape index (κ3) is 4.70. The maximum Gasteiger partial charge on any atom is 0.384 e. The lowest BCUT2D eigenvalue weighted by Crippen LogP contribution is -2.69. The first kappa shape index (κ1) is 25.7. The van der Waals surface area contributed by atoms with E-state index in [1.54, 1.807) is 0 Å². The molecule has 0 aromatic heterocycles. The van der Waals surface area contributed by atoms with E-state index in [2.05, 4.69) is 4.74 Å². The minimum atomic E-state index is -7.61. The van der Waals surface area contributed by atoms with Crippen LogP contribution in [0.3, 0.4) is 0 Å². The van der Waals surface area contributed by atoms with Gasteiger partial charge in [-0.25, -0.2) is 8.78 Å². The highest BCUT2D eigenvalue weighted by Crippen LogP contribution is 2.58. The number of alkyl halides is 12. The standard InChI is InChI=1S/C15H16F12O2/c16-10(17)12(20,21)14(24,25)15(26,27)13(22,23)11(18,19)7-29-9(28)6-8-4-2-1-3-5-8/h8,10H,1-7H2. The number of carbonyl (C=O) groups is 1. The third-order valence-corrected chi connectivity index (χ3v) is 4.54. The zero-order valence-electron chi connectivity index (χ0n) is 14.5. The van der Waals surface area contributed by atoms with Crippen LogP contribution in [0, 0.1) is 5.92 Å². The summed E-state index contributed by atoms with van der Waals surface area (Å²) in [5, 5.41) is 0. The second-order valence-electron chi connectivity index (χ2n) is 6.72. The van der Waals surface area contributed by atoms with Crippen LogP contribution >= 0.6 is 0 Å². The average Bonchev–Trinajstić information content (AvgIpc) is 2.60. The summed E-state index contributed by atoms with van der Waals surface area (Å²) in [4.78, 5) is 11.4. The van der Waals surface area contributed by atoms with Gasteiger partial charge < -0.3 is 4.74 Å². The fourth-order valence-electron chi connectivity index (χ4n) is 2.72. The first-order valence-electron chi connectivity index (χ1n) is 8.24. The molecule has 1 aliphatic rings. The largest absolute Gasteiger partial charge is 0.459 e. The van der Waals surface area contributed by atoms with Crippen molar-refractivity contribution < 1.29 is 62.2 Å². The van der Waals surface area contributed by atoms with Crippen LogP contribution in [-0.2, 0) is 9.53 Å². The number of esters is 1. The van der Waals surface area contributed by atoms with Gasteiger partial charge in [-0.2, -0.15) is 43.9 Å². The van der Waals surface area contributed by atoms with Crippen LogP contribution in [-0.4, -0.2) is 48.6 Å². The zero-order valence-corrected chi connectivity index (χ0v) is 14.5. The molecular weight excluding hydrogens is 440 g/mol. The van der Waals surface area contributed by atoms with Crippen molar-refractivity contribution in [2.75, 3.05) is 6.61 Å². The summed E-state index contributed by atoms with van der Waals surface area (Å²) in [6, 6.07) is 0. The molecule has 172 valence electrons. The van der Waals surface area contributed by atoms with E-state index in [4.69, 9.17) is 0 Å². The Labute approximate surface area is 156 Å². The van der Waals surface area contributed by atoms with Gasteiger partial charge in [0.25, 0.3) is 0 Å². The highest BCUT2D eigenvalue weighted by Gasteiger charge is 2.87. The average molecular weight is 456 g/mol. The molecular formula is C15H16F12O2. The minimum absolute atomic E-state index is 0.346. The number of carbonyl (C=O) groups excluding carboxylic acids is 1. The van der Waals surface area contributed by atoms with Gasteiger partial charge in [-0.3, -0.25) is 4.79 Å². The Morgan fingerprint density at radius 1 is 0.793 bits per heavy atom. The molecule has 29 heavy (non-hydrogen) atoms. The molecule has 0 N–H and O–H groups in total. The second kappa shape index (κ2) is 8.40. The van der Waals surface area contributed by atoms with Gasteiger partial charge in [-0.05, 0) is 18.8 Å². The molecule has 0 unspecified atom stereocenters. The van der Waals surface area contributed by atoms with E-state index >= 15 is 0 Å². The van der Waals surface area contributed by atoms with Crippen molar-refractivity contribution in [3.63, 3.8) is 0 Å². The van der Waals surface area contributed by atoms with E-state index in [0.29, 0.717) is 25.7 Å². The molecule has 0 bridgehead atoms. The van der Waals surface area contributed by atoms with Gasteiger partial charge in [-0.1, -0.05) is 19.3 Å². The molecule has 0 radical (unpaired) electrons. The summed E-state index contributed by atoms with van der Waals surface area (Å²) in [6.45, 7) is -2.84. The Morgan fingerprint density at radius 3 is 1.72 bits per heavy atom. The Morgan fingerprint density at radius 2 is 1.28 bits per heavy atom. The van der Waals surface area contributed by atoms with Crippen molar-refractivity contribution in [2.24, 2.45) is 5.92 Å². The van der Waals surface area contributed by atoms with Crippen molar-refractivity contribution in [1.29, 1.82) is 0 Å². The normalized spacial score (nSPS) is 18.2. The maximum atomic E-state index is 13.5. The second-order valence-corrected chi connectivity index (χ2v) is 6.72. The summed E-state index contributed by atoms with van der Waals surface area (Å²) in [5.41, 5.74) is 0. The number of halogens is 12. The first-order valence-corrected chi connectivity index (χ1v) is 8.24. The van der Waals surface area contributed by atoms with Crippen molar-refractivity contribution in [1.82, 2.24) is 0 Å². The molecule has 2 nitrogen and oxygen atoms in total. The molecule has 0 heterocycles. The highest BCUT2D eigenvalue weighted by molar-refractivity contribution is 5.69. The SMILES string of the molecule is O=C(CC1CCCCC1)OCC(F)(F)C(F)(F)C(F)(F)C(F)(F)C(F)(F)C(F)F. The monoisotopic (exact) mass is 456 g/mol. The van der Waals surface area contributed by atoms with E-state index in [-0.39, 0.29) is 5.92 Å². The molecule has 0 aromatic rings. The predicted molar refractivity (Wildman–Crippen MR) is 72.9 cm³/mol. The van der Waals surface area contributed by atoms with E-state index in [9.17, 15) is 57.5 Å². The number of hydrogen-bond acceptors (Lipinski definition) is 2. The number of ether oxygens (including phenoxy) is 1. The Bertz CT molecular complexity index is 570. The van der Waals surface area contributed by atoms with Gasteiger partial charge in [0.15, 0.2) is 6.61 Å². The lowest BCUT2D eigenvalue weighted by atomic mass is 9.87. The summed E-state index contributed by atoms with van der Waals surface area (Å²) < 4.78 is 159. The molecule has 0 aliphatic heterocycles. The van der Waals surface area contributed by atoms with Gasteiger partial charge in [0.2, 0.25) is 0 Å². The van der Waals surface area contributed by atoms with Crippen LogP contribution in [0.4, 0.5) is 52.7 Å². The minimum Gasteiger partial charge on any atom is -0.459 e. The fraction of sp³-hybridized carbons (Fsp3) is 0.933. The predicted octanol–water partition coefficient (Wildman–Crippen LogP) is 5.94. The van der Waals surface area contributed by atoms with E-state index in [0.717, 1.165) is 6.42 Å². The maximum absolute atomic E-state index is 13.5. The van der Waals surface area contributed by atoms with E-state index < -0.39 is 55.0 Å². The Kier molecular flexibility index (Phi) is 7.44. The quantitative estimate of drug-likeness (QED) is 0.317. The summed E-state index contributed by atoms with van der Waals surface area (Å²) in [5.74, 6) is -37.6. The molecule has 0 amide bonds. The van der Waals surface area contributed by atoms with Gasteiger partial charge in [0, 0.05) is 6.42 Å². The van der Waals surface area contributed by atoms with Crippen LogP contribution < -0.4 is 0 Å². The summed E-state index contributed by atoms with van der Waals surface area (Å²) >= 11 is 0. The number of rotatable bonds is 9. The van der Waals surface area contributed by atoms with E-state index in [1.165, 1.54) is 0 Å². The summed E-state index contributed by atoms with van der Waals surface area (Å²) in [6.07, 6.45) is -2.91. The van der Waals surface area contributed by atoms with Crippen LogP contribution in [0.15, 0.2) is 0 Å². The van der Waals surface area contributed by atoms with Crippen molar-refractivity contribution in [2.45, 2.75) is 74.6 Å². The molecule has 1 aliphatic carbocycles. The van der Waals surface area contributed by atoms with Crippen molar-refractivity contribution in [3.8, 4) is 0 Å². The third-order valence-electron chi connectivity index (χ3n) is 4.54. The van der Waals surface area contributed by atoms with Gasteiger partial charge in [0.05, 0.1) is 0 Å². The zero-order chi connectivity index (χ0) is 22.9. The smallest absolute Gasteiger partial charge is 0.384 e. The topological polar surface area (TPSA) is 26.3 Å². The molecule has 0 spiro atoms. The molecule has 14 heteroatoms. The van der Waals surface area contributed by atoms with Crippen molar-refractivity contribution >= 4 is 5.97 Å². The molecule has 0 saturated heterocycles. The number of hydrogen-bond donors (Lipinski definition) is 0. The Hall–Kier alpha value is -1.37. The molecule has 0 atom stereocenters. The van der Waals surface area contributed by atoms with E-state index in [1.807, 2.05) is 0 Å². The van der Waals surface area contributed by atoms with Crippen LogP contribution in [0.1, 0.15) is 38.5 Å².